The lowest BCUT2D eigenvalue weighted by Gasteiger charge is -1.97. The number of unbranched alkanes of at least 4 members (excludes halogenated alkanes) is 4. The third-order valence-electron chi connectivity index (χ3n) is 1.96. The minimum absolute atomic E-state index is 0.588. The van der Waals surface area contributed by atoms with E-state index in [2.05, 4.69) is 6.92 Å². The molecule has 62 valence electrons. The molecule has 0 aliphatic rings. The molecule has 0 radical (unpaired) electrons. The highest BCUT2D eigenvalue weighted by Gasteiger charge is 1.88. The second-order valence-corrected chi connectivity index (χ2v) is 19.7. The van der Waals surface area contributed by atoms with Gasteiger partial charge in [-0.3, -0.25) is 0 Å². The van der Waals surface area contributed by atoms with Gasteiger partial charge in [-0.25, -0.2) is 0 Å². The molecule has 0 N–H and O–H groups in total. The Morgan fingerprint density at radius 3 is 2.40 bits per heavy atom. The van der Waals surface area contributed by atoms with Gasteiger partial charge in [0.1, 0.15) is 0 Å². The van der Waals surface area contributed by atoms with Crippen LogP contribution in [0.4, 0.5) is 0 Å². The fourth-order valence-corrected chi connectivity index (χ4v) is 9.47. The molecule has 0 bridgehead atoms. The Labute approximate surface area is 72.8 Å². The van der Waals surface area contributed by atoms with E-state index < -0.39 is 0 Å². The maximum Gasteiger partial charge on any atom is 0.00460 e. The van der Waals surface area contributed by atoms with Crippen molar-refractivity contribution in [3.05, 3.63) is 0 Å². The van der Waals surface area contributed by atoms with Crippen LogP contribution in [-0.2, 0) is 0 Å². The van der Waals surface area contributed by atoms with Gasteiger partial charge in [0, 0.05) is 9.04 Å². The van der Waals surface area contributed by atoms with Gasteiger partial charge in [-0.1, -0.05) is 45.1 Å². The number of hydrogen-bond acceptors (Lipinski definition) is 0. The molecule has 0 saturated carbocycles. The highest BCUT2D eigenvalue weighted by atomic mass is 29.5. The average Bonchev–Trinajstić information content (AvgIpc) is 1.97. The highest BCUT2D eigenvalue weighted by molar-refractivity contribution is 7.23. The van der Waals surface area contributed by atoms with Crippen LogP contribution in [0.25, 0.3) is 0 Å². The number of hydrogen-bond donors (Lipinski definition) is 0. The van der Waals surface area contributed by atoms with Crippen molar-refractivity contribution in [2.75, 3.05) is 0 Å². The lowest BCUT2D eigenvalue weighted by Crippen LogP contribution is -2.01. The summed E-state index contributed by atoms with van der Waals surface area (Å²) in [5.74, 6) is 0. The fourth-order valence-electron chi connectivity index (χ4n) is 1.21. The minimum atomic E-state index is 0.588. The molecule has 0 nitrogen and oxygen atoms in total. The van der Waals surface area contributed by atoms with Crippen molar-refractivity contribution in [3.63, 3.8) is 0 Å². The summed E-state index contributed by atoms with van der Waals surface area (Å²) in [6.45, 7) is 2.29. The second-order valence-electron chi connectivity index (χ2n) is 3.12. The number of rotatable bonds is 7. The van der Waals surface area contributed by atoms with E-state index in [1.807, 2.05) is 0 Å². The van der Waals surface area contributed by atoms with Crippen LogP contribution in [0.2, 0.25) is 6.04 Å². The molecule has 0 aliphatic carbocycles. The van der Waals surface area contributed by atoms with Crippen molar-refractivity contribution >= 4 is 27.4 Å². The van der Waals surface area contributed by atoms with Gasteiger partial charge in [0.05, 0.1) is 0 Å². The van der Waals surface area contributed by atoms with Gasteiger partial charge >= 0.3 is 0 Å². The Kier molecular flexibility index (Phi) is 10.3. The molecule has 0 rings (SSSR count). The van der Waals surface area contributed by atoms with E-state index in [0.717, 1.165) is 0 Å². The molecule has 0 atom stereocenters. The van der Waals surface area contributed by atoms with Crippen molar-refractivity contribution in [2.45, 2.75) is 45.1 Å². The van der Waals surface area contributed by atoms with E-state index in [4.69, 9.17) is 0 Å². The van der Waals surface area contributed by atoms with Crippen LogP contribution < -0.4 is 0 Å². The zero-order chi connectivity index (χ0) is 7.66. The monoisotopic (exact) mass is 190 g/mol. The topological polar surface area (TPSA) is 0 Å². The molecular formula is C7H22Si3. The van der Waals surface area contributed by atoms with Crippen LogP contribution in [-0.4, -0.2) is 27.4 Å². The van der Waals surface area contributed by atoms with Gasteiger partial charge in [-0.2, -0.15) is 0 Å². The van der Waals surface area contributed by atoms with Crippen molar-refractivity contribution in [2.24, 2.45) is 0 Å². The van der Waals surface area contributed by atoms with E-state index in [9.17, 15) is 0 Å². The summed E-state index contributed by atoms with van der Waals surface area (Å²) in [4.78, 5) is 0. The zero-order valence-corrected chi connectivity index (χ0v) is 12.5. The molecule has 0 aliphatic heterocycles. The molecule has 0 aromatic carbocycles. The van der Waals surface area contributed by atoms with Crippen LogP contribution in [0.5, 0.6) is 0 Å². The fraction of sp³-hybridized carbons (Fsp3) is 1.00. The molecule has 0 spiro atoms. The van der Waals surface area contributed by atoms with Crippen molar-refractivity contribution in [3.8, 4) is 0 Å². The molecule has 0 unspecified atom stereocenters. The van der Waals surface area contributed by atoms with Crippen LogP contribution in [0.3, 0.4) is 0 Å². The summed E-state index contributed by atoms with van der Waals surface area (Å²) < 4.78 is 0. The van der Waals surface area contributed by atoms with Crippen molar-refractivity contribution in [1.82, 2.24) is 0 Å². The molecule has 0 aromatic rings. The molecular weight excluding hydrogens is 168 g/mol. The van der Waals surface area contributed by atoms with Crippen LogP contribution in [0.1, 0.15) is 39.0 Å². The lowest BCUT2D eigenvalue weighted by molar-refractivity contribution is 0.656. The van der Waals surface area contributed by atoms with E-state index in [1.54, 1.807) is 22.2 Å². The quantitative estimate of drug-likeness (QED) is 0.389. The zero-order valence-electron chi connectivity index (χ0n) is 7.66. The first-order valence-corrected chi connectivity index (χ1v) is 15.6. The van der Waals surface area contributed by atoms with Gasteiger partial charge < -0.3 is 0 Å². The van der Waals surface area contributed by atoms with Crippen molar-refractivity contribution in [1.29, 1.82) is 0 Å². The summed E-state index contributed by atoms with van der Waals surface area (Å²) in [6.07, 6.45) is 7.50. The van der Waals surface area contributed by atoms with Gasteiger partial charge in [0.2, 0.25) is 0 Å². The molecule has 0 aromatic heterocycles. The lowest BCUT2D eigenvalue weighted by atomic mass is 10.2. The maximum atomic E-state index is 2.29. The predicted octanol–water partition coefficient (Wildman–Crippen LogP) is -0.0919. The van der Waals surface area contributed by atoms with E-state index in [0.29, 0.717) is 17.6 Å². The van der Waals surface area contributed by atoms with Crippen LogP contribution in [0, 0.1) is 0 Å². The Hall–Kier alpha value is 0.651. The normalized spacial score (nSPS) is 12.9. The third-order valence-corrected chi connectivity index (χ3v) is 13.6. The van der Waals surface area contributed by atoms with E-state index in [-0.39, 0.29) is 0 Å². The Morgan fingerprint density at radius 1 is 1.10 bits per heavy atom. The van der Waals surface area contributed by atoms with Gasteiger partial charge in [-0.15, -0.1) is 0 Å². The SMILES string of the molecule is CCCCCCC[SiH2][SiH2][SiH3]. The van der Waals surface area contributed by atoms with E-state index in [1.165, 1.54) is 25.7 Å². The first kappa shape index (κ1) is 10.7. The Morgan fingerprint density at radius 2 is 1.80 bits per heavy atom. The van der Waals surface area contributed by atoms with Crippen LogP contribution in [0.15, 0.2) is 0 Å². The molecule has 0 fully saturated rings. The minimum Gasteiger partial charge on any atom is -0.0655 e. The smallest absolute Gasteiger partial charge is 0.00460 e. The second kappa shape index (κ2) is 9.65. The molecule has 10 heavy (non-hydrogen) atoms. The molecule has 3 heteroatoms. The summed E-state index contributed by atoms with van der Waals surface area (Å²) in [7, 11) is 2.85. The Bertz CT molecular complexity index is 48.8. The first-order valence-electron chi connectivity index (χ1n) is 4.91. The standard InChI is InChI=1S/C7H22Si3/c1-2-3-4-5-6-7-9-10-8/h2-7,9-10H2,1,8H3. The predicted molar refractivity (Wildman–Crippen MR) is 60.6 cm³/mol. The summed E-state index contributed by atoms with van der Waals surface area (Å²) in [5.41, 5.74) is 0. The van der Waals surface area contributed by atoms with Crippen molar-refractivity contribution < 1.29 is 0 Å². The first-order chi connectivity index (χ1) is 4.91. The maximum absolute atomic E-state index is 2.29. The summed E-state index contributed by atoms with van der Waals surface area (Å²) >= 11 is 0. The van der Waals surface area contributed by atoms with Gasteiger partial charge in [0.15, 0.2) is 0 Å². The summed E-state index contributed by atoms with van der Waals surface area (Å²) in [6, 6.07) is 1.69. The third kappa shape index (κ3) is 8.65. The highest BCUT2D eigenvalue weighted by Crippen LogP contribution is 2.03. The largest absolute Gasteiger partial charge is 0.0655 e. The van der Waals surface area contributed by atoms with Gasteiger partial charge in [-0.05, 0) is 18.3 Å². The molecule has 0 saturated heterocycles. The Balaban J connectivity index is 2.65. The molecule has 0 amide bonds. The average molecular weight is 191 g/mol. The van der Waals surface area contributed by atoms with Gasteiger partial charge in [0.25, 0.3) is 0 Å². The molecule has 0 heterocycles. The van der Waals surface area contributed by atoms with E-state index >= 15 is 0 Å². The summed E-state index contributed by atoms with van der Waals surface area (Å²) in [5, 5.41) is 0. The van der Waals surface area contributed by atoms with Crippen LogP contribution >= 0.6 is 0 Å².